The highest BCUT2D eigenvalue weighted by molar-refractivity contribution is 6.15. The minimum atomic E-state index is -0.833. The Bertz CT molecular complexity index is 35.5. The van der Waals surface area contributed by atoms with Crippen molar-refractivity contribution in [1.82, 2.24) is 0 Å². The summed E-state index contributed by atoms with van der Waals surface area (Å²) in [6.07, 6.45) is 1.47. The standard InChI is InChI=1S/C2H4O2.CH3Cl.CH4O.H2O/c1-2(3)4;2*1-2;/h1H3,(H,3,4);1H3;2H,1H3;1H2. The molecule has 0 aliphatic rings. The first kappa shape index (κ1) is 23.4. The van der Waals surface area contributed by atoms with Crippen LogP contribution in [-0.2, 0) is 4.79 Å². The molecule has 0 spiro atoms. The first-order chi connectivity index (χ1) is 3.73. The molecule has 0 saturated heterocycles. The van der Waals surface area contributed by atoms with Gasteiger partial charge in [0.05, 0.1) is 0 Å². The van der Waals surface area contributed by atoms with Crippen molar-refractivity contribution in [3.63, 3.8) is 0 Å². The van der Waals surface area contributed by atoms with Crippen LogP contribution >= 0.6 is 11.6 Å². The Morgan fingerprint density at radius 3 is 1.33 bits per heavy atom. The zero-order valence-corrected chi connectivity index (χ0v) is 6.44. The molecule has 4 N–H and O–H groups in total. The molecular formula is C4H13ClO4. The summed E-state index contributed by atoms with van der Waals surface area (Å²) in [5.74, 6) is -0.833. The number of alkyl halides is 1. The van der Waals surface area contributed by atoms with Crippen molar-refractivity contribution >= 4 is 17.6 Å². The summed E-state index contributed by atoms with van der Waals surface area (Å²) in [6, 6.07) is 0. The van der Waals surface area contributed by atoms with E-state index in [1.54, 1.807) is 0 Å². The summed E-state index contributed by atoms with van der Waals surface area (Å²) in [6.45, 7) is 1.08. The summed E-state index contributed by atoms with van der Waals surface area (Å²) in [4.78, 5) is 9.00. The fraction of sp³-hybridized carbons (Fsp3) is 0.750. The van der Waals surface area contributed by atoms with Crippen LogP contribution in [0, 0.1) is 0 Å². The monoisotopic (exact) mass is 160 g/mol. The van der Waals surface area contributed by atoms with E-state index in [1.807, 2.05) is 0 Å². The molecule has 0 amide bonds. The van der Waals surface area contributed by atoms with Gasteiger partial charge in [-0.15, -0.1) is 11.6 Å². The average molecular weight is 161 g/mol. The Balaban J connectivity index is -0.0000000221. The van der Waals surface area contributed by atoms with Gasteiger partial charge in [-0.25, -0.2) is 0 Å². The zero-order chi connectivity index (χ0) is 7.58. The van der Waals surface area contributed by atoms with Gasteiger partial charge in [-0.05, 0) is 0 Å². The molecule has 4 nitrogen and oxygen atoms in total. The summed E-state index contributed by atoms with van der Waals surface area (Å²) in [5, 5.41) is 14.4. The van der Waals surface area contributed by atoms with Crippen LogP contribution in [0.15, 0.2) is 0 Å². The van der Waals surface area contributed by atoms with Gasteiger partial charge in [0.25, 0.3) is 5.97 Å². The summed E-state index contributed by atoms with van der Waals surface area (Å²) in [7, 11) is 1.00. The van der Waals surface area contributed by atoms with E-state index in [0.717, 1.165) is 14.0 Å². The molecule has 60 valence electrons. The number of carbonyl (C=O) groups is 1. The number of aliphatic carboxylic acids is 1. The number of carboxylic acids is 1. The second-order valence-corrected chi connectivity index (χ2v) is 0.519. The zero-order valence-electron chi connectivity index (χ0n) is 5.68. The quantitative estimate of drug-likeness (QED) is 0.478. The lowest BCUT2D eigenvalue weighted by atomic mass is 10.9. The van der Waals surface area contributed by atoms with Gasteiger partial charge in [-0.2, -0.15) is 0 Å². The topological polar surface area (TPSA) is 89.0 Å². The van der Waals surface area contributed by atoms with Crippen molar-refractivity contribution in [2.24, 2.45) is 0 Å². The normalized spacial score (nSPS) is 4.11. The number of rotatable bonds is 0. The molecule has 9 heavy (non-hydrogen) atoms. The second-order valence-electron chi connectivity index (χ2n) is 0.519. The number of carboxylic acid groups (broad SMARTS) is 1. The molecule has 0 aromatic carbocycles. The van der Waals surface area contributed by atoms with Crippen molar-refractivity contribution in [2.75, 3.05) is 13.5 Å². The molecule has 0 saturated carbocycles. The number of halogens is 1. The van der Waals surface area contributed by atoms with Gasteiger partial charge in [0.2, 0.25) is 0 Å². The predicted octanol–water partition coefficient (Wildman–Crippen LogP) is -0.270. The molecule has 0 unspecified atom stereocenters. The van der Waals surface area contributed by atoms with Gasteiger partial charge in [0.15, 0.2) is 0 Å². The van der Waals surface area contributed by atoms with E-state index >= 15 is 0 Å². The van der Waals surface area contributed by atoms with E-state index in [-0.39, 0.29) is 5.48 Å². The molecule has 0 aliphatic carbocycles. The van der Waals surface area contributed by atoms with E-state index in [2.05, 4.69) is 11.6 Å². The SMILES string of the molecule is CC(=O)O.CCl.CO.O. The molecule has 0 radical (unpaired) electrons. The lowest BCUT2D eigenvalue weighted by Gasteiger charge is -1.59. The lowest BCUT2D eigenvalue weighted by Crippen LogP contribution is -1.78. The Kier molecular flexibility index (Phi) is 124. The molecule has 0 fully saturated rings. The van der Waals surface area contributed by atoms with Crippen LogP contribution in [0.4, 0.5) is 0 Å². The molecule has 0 bridgehead atoms. The number of aliphatic hydroxyl groups is 1. The Labute approximate surface area is 59.4 Å². The van der Waals surface area contributed by atoms with Crippen molar-refractivity contribution in [3.8, 4) is 0 Å². The van der Waals surface area contributed by atoms with E-state index < -0.39 is 5.97 Å². The lowest BCUT2D eigenvalue weighted by molar-refractivity contribution is -0.134. The number of aliphatic hydroxyl groups excluding tert-OH is 1. The first-order valence-corrected chi connectivity index (χ1v) is 2.51. The third-order valence-corrected chi connectivity index (χ3v) is 0. The molecule has 0 aromatic rings. The molecule has 0 aliphatic heterocycles. The molecule has 5 heteroatoms. The Morgan fingerprint density at radius 1 is 1.33 bits per heavy atom. The van der Waals surface area contributed by atoms with Gasteiger partial charge in [-0.1, -0.05) is 0 Å². The first-order valence-electron chi connectivity index (χ1n) is 1.75. The smallest absolute Gasteiger partial charge is 0.300 e. The fourth-order valence-corrected chi connectivity index (χ4v) is 0. The molecule has 0 aromatic heterocycles. The summed E-state index contributed by atoms with van der Waals surface area (Å²) in [5.41, 5.74) is 0. The van der Waals surface area contributed by atoms with Crippen molar-refractivity contribution in [2.45, 2.75) is 6.92 Å². The van der Waals surface area contributed by atoms with Gasteiger partial charge in [-0.3, -0.25) is 4.79 Å². The Morgan fingerprint density at radius 2 is 1.33 bits per heavy atom. The van der Waals surface area contributed by atoms with Gasteiger partial charge in [0.1, 0.15) is 0 Å². The van der Waals surface area contributed by atoms with Gasteiger partial charge >= 0.3 is 0 Å². The van der Waals surface area contributed by atoms with Crippen LogP contribution in [0.2, 0.25) is 0 Å². The van der Waals surface area contributed by atoms with Crippen molar-refractivity contribution < 1.29 is 20.5 Å². The van der Waals surface area contributed by atoms with Crippen LogP contribution in [0.3, 0.4) is 0 Å². The highest BCUT2D eigenvalue weighted by Gasteiger charge is 1.65. The number of hydrogen-bond donors (Lipinski definition) is 2. The summed E-state index contributed by atoms with van der Waals surface area (Å²) < 4.78 is 0. The second kappa shape index (κ2) is 47.7. The van der Waals surface area contributed by atoms with Crippen LogP contribution in [0.1, 0.15) is 6.92 Å². The molecule has 0 heterocycles. The Hall–Kier alpha value is -0.320. The van der Waals surface area contributed by atoms with Crippen LogP contribution in [-0.4, -0.2) is 35.2 Å². The van der Waals surface area contributed by atoms with E-state index in [9.17, 15) is 0 Å². The van der Waals surface area contributed by atoms with Crippen LogP contribution < -0.4 is 0 Å². The van der Waals surface area contributed by atoms with Crippen molar-refractivity contribution in [1.29, 1.82) is 0 Å². The van der Waals surface area contributed by atoms with Crippen molar-refractivity contribution in [3.05, 3.63) is 0 Å². The maximum Gasteiger partial charge on any atom is 0.300 e. The molecular weight excluding hydrogens is 147 g/mol. The molecule has 0 rings (SSSR count). The minimum Gasteiger partial charge on any atom is -0.481 e. The van der Waals surface area contributed by atoms with Gasteiger partial charge in [0, 0.05) is 20.4 Å². The average Bonchev–Trinajstić information content (AvgIpc) is 1.75. The maximum atomic E-state index is 9.00. The summed E-state index contributed by atoms with van der Waals surface area (Å²) >= 11 is 4.64. The van der Waals surface area contributed by atoms with Crippen LogP contribution in [0.25, 0.3) is 0 Å². The van der Waals surface area contributed by atoms with Crippen LogP contribution in [0.5, 0.6) is 0 Å². The predicted molar refractivity (Wildman–Crippen MR) is 36.8 cm³/mol. The third kappa shape index (κ3) is 2420. The highest BCUT2D eigenvalue weighted by atomic mass is 35.5. The highest BCUT2D eigenvalue weighted by Crippen LogP contribution is 1.42. The maximum absolute atomic E-state index is 9.00. The fourth-order valence-electron chi connectivity index (χ4n) is 0. The van der Waals surface area contributed by atoms with E-state index in [4.69, 9.17) is 15.0 Å². The molecule has 0 atom stereocenters. The van der Waals surface area contributed by atoms with Gasteiger partial charge < -0.3 is 15.7 Å². The van der Waals surface area contributed by atoms with E-state index in [0.29, 0.717) is 0 Å². The number of hydrogen-bond acceptors (Lipinski definition) is 2. The third-order valence-electron chi connectivity index (χ3n) is 0. The largest absolute Gasteiger partial charge is 0.481 e. The van der Waals surface area contributed by atoms with E-state index in [1.165, 1.54) is 6.38 Å². The minimum absolute atomic E-state index is 0.